The first kappa shape index (κ1) is 25.0. The summed E-state index contributed by atoms with van der Waals surface area (Å²) in [6.45, 7) is 5.66. The van der Waals surface area contributed by atoms with Crippen LogP contribution >= 0.6 is 0 Å². The molecule has 0 aliphatic carbocycles. The summed E-state index contributed by atoms with van der Waals surface area (Å²) in [5, 5.41) is 2.66. The van der Waals surface area contributed by atoms with Gasteiger partial charge in [-0.15, -0.1) is 0 Å². The largest absolute Gasteiger partial charge is 0.458 e. The van der Waals surface area contributed by atoms with Gasteiger partial charge in [0, 0.05) is 19.7 Å². The molecule has 10 heteroatoms. The molecule has 2 rings (SSSR count). The molecule has 0 saturated heterocycles. The first-order chi connectivity index (χ1) is 15.2. The van der Waals surface area contributed by atoms with Crippen LogP contribution in [0.15, 0.2) is 47.5 Å². The summed E-state index contributed by atoms with van der Waals surface area (Å²) in [7, 11) is -4.10. The Balaban J connectivity index is 2.01. The van der Waals surface area contributed by atoms with E-state index in [1.807, 2.05) is 18.6 Å². The molecule has 2 aromatic rings. The molecule has 1 aromatic heterocycles. The minimum atomic E-state index is -4.10. The standard InChI is InChI=1S/C22H27N3O6S/c1-4-18(5-2)31-22(28)20-11-8-17(14-24-20)21(27)25-32(29,30)19-9-6-16(7-10-19)12-13-23-15(3)26/h6-11,14,18H,4-5,12-13H2,1-3H3,(H,23,26)(H,25,27). The SMILES string of the molecule is CCC(CC)OC(=O)c1ccc(C(=O)NS(=O)(=O)c2ccc(CCNC(C)=O)cc2)cn1. The van der Waals surface area contributed by atoms with Crippen molar-refractivity contribution in [1.82, 2.24) is 15.0 Å². The van der Waals surface area contributed by atoms with Crippen LogP contribution in [-0.2, 0) is 26.0 Å². The average Bonchev–Trinajstić information content (AvgIpc) is 2.77. The minimum Gasteiger partial charge on any atom is -0.458 e. The third kappa shape index (κ3) is 7.16. The van der Waals surface area contributed by atoms with E-state index in [-0.39, 0.29) is 28.2 Å². The Morgan fingerprint density at radius 3 is 2.22 bits per heavy atom. The fourth-order valence-corrected chi connectivity index (χ4v) is 3.75. The Labute approximate surface area is 187 Å². The third-order valence-corrected chi connectivity index (χ3v) is 6.01. The number of benzene rings is 1. The van der Waals surface area contributed by atoms with Crippen LogP contribution in [0.1, 0.15) is 60.0 Å². The van der Waals surface area contributed by atoms with Crippen molar-refractivity contribution in [2.24, 2.45) is 0 Å². The molecule has 0 unspecified atom stereocenters. The molecule has 0 spiro atoms. The molecular formula is C22H27N3O6S. The summed E-state index contributed by atoms with van der Waals surface area (Å²) >= 11 is 0. The van der Waals surface area contributed by atoms with E-state index in [9.17, 15) is 22.8 Å². The lowest BCUT2D eigenvalue weighted by Crippen LogP contribution is -2.30. The van der Waals surface area contributed by atoms with Gasteiger partial charge in [0.15, 0.2) is 0 Å². The predicted molar refractivity (Wildman–Crippen MR) is 118 cm³/mol. The van der Waals surface area contributed by atoms with Crippen molar-refractivity contribution in [3.05, 3.63) is 59.4 Å². The van der Waals surface area contributed by atoms with E-state index in [2.05, 4.69) is 10.3 Å². The molecule has 0 aliphatic heterocycles. The van der Waals surface area contributed by atoms with Gasteiger partial charge in [-0.3, -0.25) is 9.59 Å². The van der Waals surface area contributed by atoms with E-state index in [1.54, 1.807) is 12.1 Å². The van der Waals surface area contributed by atoms with E-state index < -0.39 is 21.9 Å². The number of ether oxygens (including phenoxy) is 1. The van der Waals surface area contributed by atoms with E-state index in [4.69, 9.17) is 4.74 Å². The number of nitrogens with one attached hydrogen (secondary N) is 2. The summed E-state index contributed by atoms with van der Waals surface area (Å²) in [5.41, 5.74) is 0.856. The van der Waals surface area contributed by atoms with Crippen LogP contribution in [0.25, 0.3) is 0 Å². The van der Waals surface area contributed by atoms with Gasteiger partial charge in [-0.2, -0.15) is 0 Å². The van der Waals surface area contributed by atoms with Crippen molar-refractivity contribution in [3.8, 4) is 0 Å². The van der Waals surface area contributed by atoms with Crippen LogP contribution < -0.4 is 10.0 Å². The first-order valence-electron chi connectivity index (χ1n) is 10.2. The summed E-state index contributed by atoms with van der Waals surface area (Å²) in [6, 6.07) is 8.62. The van der Waals surface area contributed by atoms with Crippen molar-refractivity contribution in [2.75, 3.05) is 6.54 Å². The molecule has 0 aliphatic rings. The quantitative estimate of drug-likeness (QED) is 0.519. The molecule has 0 radical (unpaired) electrons. The second-order valence-electron chi connectivity index (χ2n) is 7.09. The number of pyridine rings is 1. The highest BCUT2D eigenvalue weighted by Gasteiger charge is 2.20. The predicted octanol–water partition coefficient (Wildman–Crippen LogP) is 2.22. The van der Waals surface area contributed by atoms with E-state index >= 15 is 0 Å². The summed E-state index contributed by atoms with van der Waals surface area (Å²) in [5.74, 6) is -1.61. The monoisotopic (exact) mass is 461 g/mol. The van der Waals surface area contributed by atoms with Gasteiger partial charge < -0.3 is 10.1 Å². The van der Waals surface area contributed by atoms with Gasteiger partial charge in [-0.1, -0.05) is 26.0 Å². The lowest BCUT2D eigenvalue weighted by molar-refractivity contribution is -0.118. The lowest BCUT2D eigenvalue weighted by atomic mass is 10.1. The number of sulfonamides is 1. The number of amides is 2. The molecule has 1 aromatic carbocycles. The molecule has 2 N–H and O–H groups in total. The number of hydrogen-bond acceptors (Lipinski definition) is 7. The zero-order chi connectivity index (χ0) is 23.7. The molecule has 172 valence electrons. The maximum Gasteiger partial charge on any atom is 0.357 e. The topological polar surface area (TPSA) is 132 Å². The highest BCUT2D eigenvalue weighted by atomic mass is 32.2. The molecule has 0 saturated carbocycles. The Kier molecular flexibility index (Phi) is 8.89. The Morgan fingerprint density at radius 1 is 1.03 bits per heavy atom. The smallest absolute Gasteiger partial charge is 0.357 e. The zero-order valence-electron chi connectivity index (χ0n) is 18.3. The fraction of sp³-hybridized carbons (Fsp3) is 0.364. The van der Waals surface area contributed by atoms with Crippen LogP contribution in [0.5, 0.6) is 0 Å². The Bertz CT molecular complexity index is 1050. The van der Waals surface area contributed by atoms with Crippen LogP contribution in [0.4, 0.5) is 0 Å². The van der Waals surface area contributed by atoms with Gasteiger partial charge in [0.2, 0.25) is 5.91 Å². The fourth-order valence-electron chi connectivity index (χ4n) is 2.77. The van der Waals surface area contributed by atoms with Gasteiger partial charge >= 0.3 is 5.97 Å². The van der Waals surface area contributed by atoms with Crippen LogP contribution in [0.3, 0.4) is 0 Å². The lowest BCUT2D eigenvalue weighted by Gasteiger charge is -2.13. The van der Waals surface area contributed by atoms with E-state index in [0.717, 1.165) is 11.8 Å². The van der Waals surface area contributed by atoms with Gasteiger partial charge in [0.25, 0.3) is 15.9 Å². The summed E-state index contributed by atoms with van der Waals surface area (Å²) in [4.78, 5) is 39.2. The van der Waals surface area contributed by atoms with Crippen molar-refractivity contribution in [1.29, 1.82) is 0 Å². The van der Waals surface area contributed by atoms with Gasteiger partial charge in [-0.25, -0.2) is 22.9 Å². The molecular weight excluding hydrogens is 434 g/mol. The number of hydrogen-bond donors (Lipinski definition) is 2. The maximum atomic E-state index is 12.5. The maximum absolute atomic E-state index is 12.5. The van der Waals surface area contributed by atoms with Crippen molar-refractivity contribution in [2.45, 2.75) is 51.0 Å². The number of carbonyl (C=O) groups is 3. The third-order valence-electron chi connectivity index (χ3n) is 4.67. The first-order valence-corrected chi connectivity index (χ1v) is 11.7. The van der Waals surface area contributed by atoms with Crippen molar-refractivity contribution >= 4 is 27.8 Å². The van der Waals surface area contributed by atoms with Gasteiger partial charge in [0.1, 0.15) is 11.8 Å². The average molecular weight is 462 g/mol. The van der Waals surface area contributed by atoms with Crippen molar-refractivity contribution < 1.29 is 27.5 Å². The molecule has 32 heavy (non-hydrogen) atoms. The molecule has 0 atom stereocenters. The van der Waals surface area contributed by atoms with Gasteiger partial charge in [0.05, 0.1) is 10.5 Å². The van der Waals surface area contributed by atoms with Crippen molar-refractivity contribution in [3.63, 3.8) is 0 Å². The number of carbonyl (C=O) groups excluding carboxylic acids is 3. The van der Waals surface area contributed by atoms with E-state index in [0.29, 0.717) is 25.8 Å². The number of nitrogens with zero attached hydrogens (tertiary/aromatic N) is 1. The molecule has 2 amide bonds. The van der Waals surface area contributed by atoms with Crippen LogP contribution in [-0.4, -0.2) is 43.8 Å². The normalized spacial score (nSPS) is 11.1. The minimum absolute atomic E-state index is 0.0143. The van der Waals surface area contributed by atoms with Crippen LogP contribution in [0.2, 0.25) is 0 Å². The highest BCUT2D eigenvalue weighted by Crippen LogP contribution is 2.13. The molecule has 9 nitrogen and oxygen atoms in total. The zero-order valence-corrected chi connectivity index (χ0v) is 19.1. The number of esters is 1. The molecule has 0 bridgehead atoms. The molecule has 0 fully saturated rings. The Hall–Kier alpha value is -3.27. The number of rotatable bonds is 10. The summed E-state index contributed by atoms with van der Waals surface area (Å²) in [6.07, 6.45) is 2.81. The Morgan fingerprint density at radius 2 is 1.69 bits per heavy atom. The van der Waals surface area contributed by atoms with Gasteiger partial charge in [-0.05, 0) is 49.1 Å². The van der Waals surface area contributed by atoms with E-state index in [1.165, 1.54) is 31.2 Å². The highest BCUT2D eigenvalue weighted by molar-refractivity contribution is 7.90. The number of aromatic nitrogens is 1. The van der Waals surface area contributed by atoms with Crippen LogP contribution in [0, 0.1) is 0 Å². The second-order valence-corrected chi connectivity index (χ2v) is 8.77. The molecule has 1 heterocycles. The second kappa shape index (κ2) is 11.4. The summed E-state index contributed by atoms with van der Waals surface area (Å²) < 4.78 is 32.3.